The molecule has 0 atom stereocenters. The third kappa shape index (κ3) is 4.61. The van der Waals surface area contributed by atoms with Crippen LogP contribution in [0.15, 0.2) is 55.0 Å². The summed E-state index contributed by atoms with van der Waals surface area (Å²) in [5.41, 5.74) is 8.43. The molecule has 3 aromatic heterocycles. The van der Waals surface area contributed by atoms with Gasteiger partial charge in [0.1, 0.15) is 11.9 Å². The SMILES string of the molecule is N#Cc1cncc(-c2ccc(N)c(N(C(=O)Nc3ccccn3)C3CCCCC3)n2)c1. The fourth-order valence-electron chi connectivity index (χ4n) is 3.83. The first-order valence-corrected chi connectivity index (χ1v) is 10.3. The predicted molar refractivity (Wildman–Crippen MR) is 119 cm³/mol. The van der Waals surface area contributed by atoms with Crippen molar-refractivity contribution in [2.24, 2.45) is 0 Å². The van der Waals surface area contributed by atoms with Crippen LogP contribution in [0.3, 0.4) is 0 Å². The van der Waals surface area contributed by atoms with E-state index >= 15 is 0 Å². The van der Waals surface area contributed by atoms with Gasteiger partial charge in [-0.3, -0.25) is 15.2 Å². The first-order valence-electron chi connectivity index (χ1n) is 10.3. The number of aromatic nitrogens is 3. The second-order valence-corrected chi connectivity index (χ2v) is 7.49. The van der Waals surface area contributed by atoms with Gasteiger partial charge in [0.25, 0.3) is 0 Å². The van der Waals surface area contributed by atoms with Crippen LogP contribution in [-0.2, 0) is 0 Å². The van der Waals surface area contributed by atoms with Crippen molar-refractivity contribution in [3.05, 3.63) is 60.6 Å². The van der Waals surface area contributed by atoms with Crippen LogP contribution >= 0.6 is 0 Å². The molecule has 0 saturated heterocycles. The number of carbonyl (C=O) groups excluding carboxylic acids is 1. The Labute approximate surface area is 180 Å². The topological polar surface area (TPSA) is 121 Å². The molecule has 31 heavy (non-hydrogen) atoms. The van der Waals surface area contributed by atoms with Crippen LogP contribution in [0.4, 0.5) is 22.1 Å². The van der Waals surface area contributed by atoms with Crippen LogP contribution in [0.25, 0.3) is 11.3 Å². The monoisotopic (exact) mass is 413 g/mol. The molecule has 1 aliphatic carbocycles. The van der Waals surface area contributed by atoms with E-state index < -0.39 is 0 Å². The number of anilines is 3. The number of nitrogens with one attached hydrogen (secondary N) is 1. The molecular formula is C23H23N7O. The molecule has 3 aromatic rings. The van der Waals surface area contributed by atoms with Crippen molar-refractivity contribution in [1.29, 1.82) is 5.26 Å². The standard InChI is InChI=1S/C23H23N7O/c24-13-16-12-17(15-26-14-16)20-10-9-19(25)22(28-20)30(18-6-2-1-3-7-18)23(31)29-21-8-4-5-11-27-21/h4-5,8-12,14-15,18H,1-3,6-7,25H2,(H,27,29,31). The van der Waals surface area contributed by atoms with Gasteiger partial charge >= 0.3 is 6.03 Å². The van der Waals surface area contributed by atoms with Crippen molar-refractivity contribution in [2.45, 2.75) is 38.1 Å². The Kier molecular flexibility index (Phi) is 6.03. The number of nitriles is 1. The lowest BCUT2D eigenvalue weighted by atomic mass is 9.94. The fourth-order valence-corrected chi connectivity index (χ4v) is 3.83. The van der Waals surface area contributed by atoms with E-state index in [9.17, 15) is 10.1 Å². The minimum atomic E-state index is -0.314. The Morgan fingerprint density at radius 3 is 2.74 bits per heavy atom. The zero-order chi connectivity index (χ0) is 21.6. The van der Waals surface area contributed by atoms with Crippen LogP contribution in [0.2, 0.25) is 0 Å². The summed E-state index contributed by atoms with van der Waals surface area (Å²) in [6.45, 7) is 0. The van der Waals surface area contributed by atoms with E-state index in [2.05, 4.69) is 21.4 Å². The summed E-state index contributed by atoms with van der Waals surface area (Å²) in [5, 5.41) is 12.0. The molecule has 0 aliphatic heterocycles. The summed E-state index contributed by atoms with van der Waals surface area (Å²) in [4.78, 5) is 28.0. The van der Waals surface area contributed by atoms with Crippen molar-refractivity contribution < 1.29 is 4.79 Å². The van der Waals surface area contributed by atoms with E-state index in [1.54, 1.807) is 47.6 Å². The van der Waals surface area contributed by atoms with E-state index in [4.69, 9.17) is 10.7 Å². The van der Waals surface area contributed by atoms with Crippen molar-refractivity contribution in [2.75, 3.05) is 16.0 Å². The average molecular weight is 413 g/mol. The molecule has 4 rings (SSSR count). The minimum Gasteiger partial charge on any atom is -0.396 e. The summed E-state index contributed by atoms with van der Waals surface area (Å²) >= 11 is 0. The lowest BCUT2D eigenvalue weighted by Gasteiger charge is -2.34. The zero-order valence-corrected chi connectivity index (χ0v) is 17.0. The molecule has 1 saturated carbocycles. The molecule has 8 nitrogen and oxygen atoms in total. The summed E-state index contributed by atoms with van der Waals surface area (Å²) in [7, 11) is 0. The van der Waals surface area contributed by atoms with Gasteiger partial charge in [0.2, 0.25) is 0 Å². The van der Waals surface area contributed by atoms with E-state index in [1.165, 1.54) is 6.20 Å². The molecule has 0 aromatic carbocycles. The molecule has 3 heterocycles. The van der Waals surface area contributed by atoms with Gasteiger partial charge in [-0.15, -0.1) is 0 Å². The second-order valence-electron chi connectivity index (χ2n) is 7.49. The first kappa shape index (κ1) is 20.3. The summed E-state index contributed by atoms with van der Waals surface area (Å²) in [5.74, 6) is 0.870. The Hall–Kier alpha value is -3.99. The van der Waals surface area contributed by atoms with Gasteiger partial charge in [0.15, 0.2) is 5.82 Å². The molecule has 0 unspecified atom stereocenters. The third-order valence-electron chi connectivity index (χ3n) is 5.36. The lowest BCUT2D eigenvalue weighted by molar-refractivity contribution is 0.252. The normalized spacial score (nSPS) is 13.9. The number of amides is 2. The minimum absolute atomic E-state index is 0.00826. The van der Waals surface area contributed by atoms with Gasteiger partial charge in [-0.2, -0.15) is 5.26 Å². The first-order chi connectivity index (χ1) is 15.2. The van der Waals surface area contributed by atoms with Crippen LogP contribution in [0, 0.1) is 11.3 Å². The number of rotatable bonds is 4. The molecule has 0 spiro atoms. The number of hydrogen-bond donors (Lipinski definition) is 2. The maximum Gasteiger partial charge on any atom is 0.328 e. The number of pyridine rings is 3. The van der Waals surface area contributed by atoms with Crippen LogP contribution < -0.4 is 16.0 Å². The highest BCUT2D eigenvalue weighted by molar-refractivity contribution is 6.03. The van der Waals surface area contributed by atoms with E-state index in [0.717, 1.165) is 32.1 Å². The van der Waals surface area contributed by atoms with E-state index in [0.29, 0.717) is 34.1 Å². The highest BCUT2D eigenvalue weighted by atomic mass is 16.2. The van der Waals surface area contributed by atoms with Crippen molar-refractivity contribution in [3.63, 3.8) is 0 Å². The van der Waals surface area contributed by atoms with Gasteiger partial charge < -0.3 is 5.73 Å². The van der Waals surface area contributed by atoms with Gasteiger partial charge in [0, 0.05) is 30.2 Å². The number of urea groups is 1. The van der Waals surface area contributed by atoms with Crippen molar-refractivity contribution in [1.82, 2.24) is 15.0 Å². The fraction of sp³-hybridized carbons (Fsp3) is 0.261. The van der Waals surface area contributed by atoms with Crippen molar-refractivity contribution in [3.8, 4) is 17.3 Å². The third-order valence-corrected chi connectivity index (χ3v) is 5.36. The van der Waals surface area contributed by atoms with Gasteiger partial charge in [-0.25, -0.2) is 14.8 Å². The molecule has 1 aliphatic rings. The molecule has 1 fully saturated rings. The van der Waals surface area contributed by atoms with Crippen LogP contribution in [0.5, 0.6) is 0 Å². The molecule has 156 valence electrons. The Bertz CT molecular complexity index is 1100. The highest BCUT2D eigenvalue weighted by Crippen LogP contribution is 2.32. The highest BCUT2D eigenvalue weighted by Gasteiger charge is 2.30. The summed E-state index contributed by atoms with van der Waals surface area (Å²) in [6, 6.07) is 12.3. The van der Waals surface area contributed by atoms with Gasteiger partial charge in [-0.1, -0.05) is 25.3 Å². The van der Waals surface area contributed by atoms with Crippen molar-refractivity contribution >= 4 is 23.4 Å². The number of hydrogen-bond acceptors (Lipinski definition) is 6. The second kappa shape index (κ2) is 9.22. The van der Waals surface area contributed by atoms with Crippen LogP contribution in [-0.4, -0.2) is 27.0 Å². The number of carbonyl (C=O) groups is 1. The molecule has 2 amide bonds. The lowest BCUT2D eigenvalue weighted by Crippen LogP contribution is -2.45. The largest absolute Gasteiger partial charge is 0.396 e. The zero-order valence-electron chi connectivity index (χ0n) is 17.0. The van der Waals surface area contributed by atoms with E-state index in [-0.39, 0.29) is 12.1 Å². The Morgan fingerprint density at radius 1 is 1.16 bits per heavy atom. The number of nitrogen functional groups attached to an aromatic ring is 1. The van der Waals surface area contributed by atoms with Crippen LogP contribution in [0.1, 0.15) is 37.7 Å². The summed E-state index contributed by atoms with van der Waals surface area (Å²) in [6.07, 6.45) is 9.78. The smallest absolute Gasteiger partial charge is 0.328 e. The molecule has 0 radical (unpaired) electrons. The van der Waals surface area contributed by atoms with Gasteiger partial charge in [-0.05, 0) is 43.2 Å². The quantitative estimate of drug-likeness (QED) is 0.655. The molecule has 8 heteroatoms. The summed E-state index contributed by atoms with van der Waals surface area (Å²) < 4.78 is 0. The maximum atomic E-state index is 13.3. The Morgan fingerprint density at radius 2 is 2.00 bits per heavy atom. The average Bonchev–Trinajstić information content (AvgIpc) is 2.82. The Balaban J connectivity index is 1.73. The molecule has 3 N–H and O–H groups in total. The number of nitrogens with two attached hydrogens (primary N) is 1. The number of nitrogens with zero attached hydrogens (tertiary/aromatic N) is 5. The maximum absolute atomic E-state index is 13.3. The van der Waals surface area contributed by atoms with Gasteiger partial charge in [0.05, 0.1) is 16.9 Å². The van der Waals surface area contributed by atoms with E-state index in [1.807, 2.05) is 6.07 Å². The molecular weight excluding hydrogens is 390 g/mol. The predicted octanol–water partition coefficient (Wildman–Crippen LogP) is 4.36. The molecule has 0 bridgehead atoms.